The van der Waals surface area contributed by atoms with Crippen LogP contribution in [0.5, 0.6) is 5.75 Å². The van der Waals surface area contributed by atoms with Crippen LogP contribution in [0.4, 0.5) is 0 Å². The summed E-state index contributed by atoms with van der Waals surface area (Å²) in [5.74, 6) is 0.991. The molecule has 6 nitrogen and oxygen atoms in total. The summed E-state index contributed by atoms with van der Waals surface area (Å²) in [6, 6.07) is 5.52. The molecule has 27 heavy (non-hydrogen) atoms. The highest BCUT2D eigenvalue weighted by Crippen LogP contribution is 2.30. The average Bonchev–Trinajstić information content (AvgIpc) is 3.25. The Bertz CT molecular complexity index is 1120. The van der Waals surface area contributed by atoms with Gasteiger partial charge >= 0.3 is 5.97 Å². The fourth-order valence-corrected chi connectivity index (χ4v) is 4.83. The number of halogens is 1. The third-order valence-corrected chi connectivity index (χ3v) is 6.36. The van der Waals surface area contributed by atoms with Crippen molar-refractivity contribution in [2.75, 3.05) is 7.11 Å². The van der Waals surface area contributed by atoms with Gasteiger partial charge in [-0.25, -0.2) is 9.78 Å². The van der Waals surface area contributed by atoms with E-state index < -0.39 is 5.97 Å². The van der Waals surface area contributed by atoms with Gasteiger partial charge in [-0.1, -0.05) is 15.9 Å². The van der Waals surface area contributed by atoms with E-state index >= 15 is 0 Å². The molecular formula is C19H17BrN2O4S. The van der Waals surface area contributed by atoms with Crippen molar-refractivity contribution in [3.05, 3.63) is 54.9 Å². The average molecular weight is 449 g/mol. The van der Waals surface area contributed by atoms with Gasteiger partial charge < -0.3 is 9.47 Å². The molecule has 0 bridgehead atoms. The van der Waals surface area contributed by atoms with E-state index in [1.54, 1.807) is 18.6 Å². The van der Waals surface area contributed by atoms with Crippen molar-refractivity contribution in [1.29, 1.82) is 0 Å². The van der Waals surface area contributed by atoms with Crippen LogP contribution in [0.1, 0.15) is 33.0 Å². The third-order valence-electron chi connectivity index (χ3n) is 4.70. The summed E-state index contributed by atoms with van der Waals surface area (Å²) in [6.45, 7) is 2.55. The Morgan fingerprint density at radius 2 is 2.22 bits per heavy atom. The van der Waals surface area contributed by atoms with Gasteiger partial charge in [-0.2, -0.15) is 0 Å². The first-order valence-corrected chi connectivity index (χ1v) is 10.1. The Balaban J connectivity index is 1.64. The molecule has 0 spiro atoms. The molecular weight excluding hydrogens is 432 g/mol. The molecule has 0 fully saturated rings. The standard InChI is InChI=1S/C19H17BrN2O4S/c1-10-15-17(21-14-4-3-7-22(14)18(15)23)27-16(10)19(24)26-9-11-8-12(20)5-6-13(11)25-2/h5-6,8H,3-4,7,9H2,1-2H3. The first-order chi connectivity index (χ1) is 13.0. The van der Waals surface area contributed by atoms with Gasteiger partial charge in [0.05, 0.1) is 12.5 Å². The first-order valence-electron chi connectivity index (χ1n) is 8.52. The van der Waals surface area contributed by atoms with Crippen LogP contribution in [0.3, 0.4) is 0 Å². The minimum absolute atomic E-state index is 0.0611. The van der Waals surface area contributed by atoms with Gasteiger partial charge in [-0.15, -0.1) is 11.3 Å². The van der Waals surface area contributed by atoms with Gasteiger partial charge in [0.15, 0.2) is 0 Å². The Kier molecular flexibility index (Phi) is 4.77. The predicted molar refractivity (Wildman–Crippen MR) is 107 cm³/mol. The maximum Gasteiger partial charge on any atom is 0.349 e. The van der Waals surface area contributed by atoms with Crippen molar-refractivity contribution >= 4 is 43.5 Å². The summed E-state index contributed by atoms with van der Waals surface area (Å²) in [5.41, 5.74) is 1.34. The fraction of sp³-hybridized carbons (Fsp3) is 0.316. The van der Waals surface area contributed by atoms with Crippen LogP contribution < -0.4 is 10.3 Å². The van der Waals surface area contributed by atoms with Crippen molar-refractivity contribution in [2.24, 2.45) is 0 Å². The topological polar surface area (TPSA) is 70.4 Å². The Hall–Kier alpha value is -2.19. The highest BCUT2D eigenvalue weighted by atomic mass is 79.9. The molecule has 0 atom stereocenters. The lowest BCUT2D eigenvalue weighted by atomic mass is 10.2. The van der Waals surface area contributed by atoms with E-state index in [-0.39, 0.29) is 12.2 Å². The van der Waals surface area contributed by atoms with E-state index in [1.807, 2.05) is 18.2 Å². The highest BCUT2D eigenvalue weighted by molar-refractivity contribution is 9.10. The van der Waals surface area contributed by atoms with Crippen molar-refractivity contribution < 1.29 is 14.3 Å². The van der Waals surface area contributed by atoms with E-state index in [0.717, 1.165) is 28.7 Å². The second kappa shape index (κ2) is 7.09. The lowest BCUT2D eigenvalue weighted by Crippen LogP contribution is -2.20. The molecule has 3 heterocycles. The van der Waals surface area contributed by atoms with E-state index in [1.165, 1.54) is 11.3 Å². The van der Waals surface area contributed by atoms with Crippen LogP contribution in [0.25, 0.3) is 10.2 Å². The molecule has 140 valence electrons. The number of aryl methyl sites for hydroxylation is 2. The molecule has 3 aromatic rings. The molecule has 0 amide bonds. The maximum absolute atomic E-state index is 12.7. The van der Waals surface area contributed by atoms with Crippen molar-refractivity contribution in [3.63, 3.8) is 0 Å². The number of methoxy groups -OCH3 is 1. The van der Waals surface area contributed by atoms with Crippen molar-refractivity contribution in [3.8, 4) is 5.75 Å². The van der Waals surface area contributed by atoms with E-state index in [9.17, 15) is 9.59 Å². The van der Waals surface area contributed by atoms with Crippen LogP contribution in [-0.4, -0.2) is 22.6 Å². The normalized spacial score (nSPS) is 13.0. The number of carbonyl (C=O) groups is 1. The summed E-state index contributed by atoms with van der Waals surface area (Å²) >= 11 is 4.63. The van der Waals surface area contributed by atoms with Gasteiger partial charge in [0, 0.05) is 23.0 Å². The summed E-state index contributed by atoms with van der Waals surface area (Å²) in [7, 11) is 1.57. The number of esters is 1. The Morgan fingerprint density at radius 3 is 3.00 bits per heavy atom. The number of ether oxygens (including phenoxy) is 2. The van der Waals surface area contributed by atoms with Crippen LogP contribution in [0.15, 0.2) is 27.5 Å². The van der Waals surface area contributed by atoms with E-state index in [2.05, 4.69) is 20.9 Å². The molecule has 8 heteroatoms. The zero-order chi connectivity index (χ0) is 19.1. The highest BCUT2D eigenvalue weighted by Gasteiger charge is 2.24. The predicted octanol–water partition coefficient (Wildman–Crippen LogP) is 3.84. The second-order valence-electron chi connectivity index (χ2n) is 6.36. The molecule has 0 unspecified atom stereocenters. The third kappa shape index (κ3) is 3.17. The van der Waals surface area contributed by atoms with Crippen molar-refractivity contribution in [2.45, 2.75) is 32.9 Å². The fourth-order valence-electron chi connectivity index (χ4n) is 3.34. The number of thiophene rings is 1. The Morgan fingerprint density at radius 1 is 1.41 bits per heavy atom. The Labute approximate surface area is 167 Å². The second-order valence-corrected chi connectivity index (χ2v) is 8.27. The zero-order valence-corrected chi connectivity index (χ0v) is 17.3. The lowest BCUT2D eigenvalue weighted by molar-refractivity contribution is 0.0475. The lowest BCUT2D eigenvalue weighted by Gasteiger charge is -2.09. The van der Waals surface area contributed by atoms with Crippen LogP contribution >= 0.6 is 27.3 Å². The molecule has 4 rings (SSSR count). The smallest absolute Gasteiger partial charge is 0.349 e. The minimum Gasteiger partial charge on any atom is -0.496 e. The van der Waals surface area contributed by atoms with Crippen molar-refractivity contribution in [1.82, 2.24) is 9.55 Å². The molecule has 0 N–H and O–H groups in total. The number of hydrogen-bond donors (Lipinski definition) is 0. The summed E-state index contributed by atoms with van der Waals surface area (Å²) in [5, 5.41) is 0.526. The van der Waals surface area contributed by atoms with Gasteiger partial charge in [0.2, 0.25) is 0 Å². The van der Waals surface area contributed by atoms with Gasteiger partial charge in [0.25, 0.3) is 5.56 Å². The van der Waals surface area contributed by atoms with E-state index in [4.69, 9.17) is 9.47 Å². The van der Waals surface area contributed by atoms with Gasteiger partial charge in [-0.3, -0.25) is 9.36 Å². The van der Waals surface area contributed by atoms with Crippen LogP contribution in [-0.2, 0) is 24.3 Å². The van der Waals surface area contributed by atoms with E-state index in [0.29, 0.717) is 33.0 Å². The monoisotopic (exact) mass is 448 g/mol. The summed E-state index contributed by atoms with van der Waals surface area (Å²) < 4.78 is 13.4. The number of aromatic nitrogens is 2. The SMILES string of the molecule is COc1ccc(Br)cc1COC(=O)c1sc2nc3n(c(=O)c2c1C)CCC3. The molecule has 1 aliphatic heterocycles. The molecule has 0 saturated carbocycles. The number of benzene rings is 1. The van der Waals surface area contributed by atoms with Gasteiger partial charge in [-0.05, 0) is 37.1 Å². The molecule has 1 aromatic carbocycles. The summed E-state index contributed by atoms with van der Waals surface area (Å²) in [6.07, 6.45) is 1.73. The zero-order valence-electron chi connectivity index (χ0n) is 14.9. The molecule has 0 aliphatic carbocycles. The number of hydrogen-bond acceptors (Lipinski definition) is 6. The quantitative estimate of drug-likeness (QED) is 0.567. The minimum atomic E-state index is -0.456. The molecule has 0 radical (unpaired) electrons. The molecule has 2 aromatic heterocycles. The largest absolute Gasteiger partial charge is 0.496 e. The summed E-state index contributed by atoms with van der Waals surface area (Å²) in [4.78, 5) is 31.0. The first kappa shape index (κ1) is 18.2. The van der Waals surface area contributed by atoms with Crippen LogP contribution in [0, 0.1) is 6.92 Å². The number of nitrogens with zero attached hydrogens (tertiary/aromatic N) is 2. The number of rotatable bonds is 4. The number of carbonyl (C=O) groups excluding carboxylic acids is 1. The number of fused-ring (bicyclic) bond motifs is 2. The maximum atomic E-state index is 12.7. The molecule has 0 saturated heterocycles. The molecule has 1 aliphatic rings. The van der Waals surface area contributed by atoms with Gasteiger partial charge in [0.1, 0.15) is 27.9 Å². The van der Waals surface area contributed by atoms with Crippen LogP contribution in [0.2, 0.25) is 0 Å².